The van der Waals surface area contributed by atoms with E-state index in [1.54, 1.807) is 0 Å². The highest BCUT2D eigenvalue weighted by atomic mass is 16.1. The first-order chi connectivity index (χ1) is 8.78. The van der Waals surface area contributed by atoms with E-state index in [9.17, 15) is 4.79 Å². The van der Waals surface area contributed by atoms with Crippen molar-refractivity contribution in [2.45, 2.75) is 34.6 Å². The topological polar surface area (TPSA) is 29.1 Å². The molecule has 0 atom stereocenters. The van der Waals surface area contributed by atoms with Gasteiger partial charge in [-0.25, -0.2) is 0 Å². The van der Waals surface area contributed by atoms with Crippen LogP contribution in [0.4, 0.5) is 0 Å². The van der Waals surface area contributed by atoms with Gasteiger partial charge in [0.15, 0.2) is 0 Å². The van der Waals surface area contributed by atoms with E-state index in [-0.39, 0.29) is 11.3 Å². The summed E-state index contributed by atoms with van der Waals surface area (Å²) in [6.07, 6.45) is 4.26. The van der Waals surface area contributed by atoms with Crippen LogP contribution in [0.15, 0.2) is 30.3 Å². The lowest BCUT2D eigenvalue weighted by Crippen LogP contribution is -2.27. The predicted octanol–water partition coefficient (Wildman–Crippen LogP) is 4.13. The average molecular weight is 259 g/mol. The summed E-state index contributed by atoms with van der Waals surface area (Å²) in [7, 11) is 0. The van der Waals surface area contributed by atoms with E-state index in [4.69, 9.17) is 0 Å². The maximum Gasteiger partial charge on any atom is 0.251 e. The van der Waals surface area contributed by atoms with E-state index in [0.29, 0.717) is 18.0 Å². The minimum atomic E-state index is 0.0000472. The Kier molecular flexibility index (Phi) is 5.34. The van der Waals surface area contributed by atoms with Crippen LogP contribution in [0.1, 0.15) is 50.5 Å². The van der Waals surface area contributed by atoms with E-state index in [1.165, 1.54) is 0 Å². The lowest BCUT2D eigenvalue weighted by molar-refractivity contribution is 0.0949. The molecule has 1 rings (SSSR count). The Balaban J connectivity index is 2.66. The molecular weight excluding hydrogens is 234 g/mol. The summed E-state index contributed by atoms with van der Waals surface area (Å²) in [6.45, 7) is 11.4. The Morgan fingerprint density at radius 3 is 2.26 bits per heavy atom. The van der Waals surface area contributed by atoms with Crippen LogP contribution in [0.25, 0.3) is 6.08 Å². The molecule has 1 aromatic rings. The Morgan fingerprint density at radius 2 is 1.79 bits per heavy atom. The molecule has 0 aliphatic heterocycles. The molecule has 0 heterocycles. The summed E-state index contributed by atoms with van der Waals surface area (Å²) < 4.78 is 0. The zero-order chi connectivity index (χ0) is 14.5. The first-order valence-electron chi connectivity index (χ1n) is 6.85. The fourth-order valence-corrected chi connectivity index (χ4v) is 1.49. The molecular formula is C17H25NO. The van der Waals surface area contributed by atoms with Gasteiger partial charge in [0.25, 0.3) is 5.91 Å². The van der Waals surface area contributed by atoms with E-state index in [2.05, 4.69) is 52.1 Å². The van der Waals surface area contributed by atoms with E-state index < -0.39 is 0 Å². The van der Waals surface area contributed by atoms with Gasteiger partial charge in [-0.15, -0.1) is 0 Å². The van der Waals surface area contributed by atoms with Crippen LogP contribution in [-0.4, -0.2) is 12.5 Å². The Bertz CT molecular complexity index is 435. The van der Waals surface area contributed by atoms with E-state index in [1.807, 2.05) is 24.3 Å². The van der Waals surface area contributed by atoms with Crippen LogP contribution in [-0.2, 0) is 0 Å². The second-order valence-corrected chi connectivity index (χ2v) is 6.43. The number of rotatable bonds is 4. The van der Waals surface area contributed by atoms with Gasteiger partial charge >= 0.3 is 0 Å². The number of carbonyl (C=O) groups is 1. The molecule has 0 spiro atoms. The molecule has 0 aliphatic carbocycles. The highest BCUT2D eigenvalue weighted by Gasteiger charge is 2.06. The van der Waals surface area contributed by atoms with Crippen molar-refractivity contribution in [3.8, 4) is 0 Å². The maximum absolute atomic E-state index is 11.8. The van der Waals surface area contributed by atoms with Crippen molar-refractivity contribution in [2.24, 2.45) is 11.3 Å². The zero-order valence-corrected chi connectivity index (χ0v) is 12.7. The molecule has 2 nitrogen and oxygen atoms in total. The number of amides is 1. The van der Waals surface area contributed by atoms with Gasteiger partial charge in [-0.3, -0.25) is 4.79 Å². The van der Waals surface area contributed by atoms with Gasteiger partial charge in [0.2, 0.25) is 0 Å². The highest BCUT2D eigenvalue weighted by Crippen LogP contribution is 2.17. The van der Waals surface area contributed by atoms with Gasteiger partial charge in [-0.05, 0) is 29.0 Å². The van der Waals surface area contributed by atoms with Gasteiger partial charge in [0.1, 0.15) is 0 Å². The summed E-state index contributed by atoms with van der Waals surface area (Å²) in [6, 6.07) is 7.70. The van der Waals surface area contributed by atoms with E-state index in [0.717, 1.165) is 5.56 Å². The third-order valence-corrected chi connectivity index (χ3v) is 2.62. The van der Waals surface area contributed by atoms with Crippen LogP contribution in [0.2, 0.25) is 0 Å². The molecule has 0 bridgehead atoms. The molecule has 1 amide bonds. The van der Waals surface area contributed by atoms with Crippen LogP contribution in [0.3, 0.4) is 0 Å². The fourth-order valence-electron chi connectivity index (χ4n) is 1.49. The van der Waals surface area contributed by atoms with Crippen LogP contribution < -0.4 is 5.32 Å². The summed E-state index contributed by atoms with van der Waals surface area (Å²) in [4.78, 5) is 11.8. The van der Waals surface area contributed by atoms with Crippen LogP contribution in [0, 0.1) is 11.3 Å². The van der Waals surface area contributed by atoms with Gasteiger partial charge in [0.05, 0.1) is 0 Å². The molecule has 0 unspecified atom stereocenters. The number of carbonyl (C=O) groups excluding carboxylic acids is 1. The van der Waals surface area contributed by atoms with Gasteiger partial charge in [0, 0.05) is 12.1 Å². The molecule has 2 heteroatoms. The van der Waals surface area contributed by atoms with E-state index >= 15 is 0 Å². The van der Waals surface area contributed by atoms with Crippen molar-refractivity contribution in [1.82, 2.24) is 5.32 Å². The normalized spacial score (nSPS) is 12.1. The van der Waals surface area contributed by atoms with Crippen LogP contribution >= 0.6 is 0 Å². The van der Waals surface area contributed by atoms with Gasteiger partial charge in [-0.1, -0.05) is 58.9 Å². The quantitative estimate of drug-likeness (QED) is 0.865. The third kappa shape index (κ3) is 6.23. The minimum Gasteiger partial charge on any atom is -0.352 e. The monoisotopic (exact) mass is 259 g/mol. The molecule has 19 heavy (non-hydrogen) atoms. The second kappa shape index (κ2) is 6.55. The number of hydrogen-bond acceptors (Lipinski definition) is 1. The molecule has 0 aliphatic rings. The predicted molar refractivity (Wildman–Crippen MR) is 82.1 cm³/mol. The van der Waals surface area contributed by atoms with Crippen molar-refractivity contribution >= 4 is 12.0 Å². The Hall–Kier alpha value is -1.57. The summed E-state index contributed by atoms with van der Waals surface area (Å²) in [5.74, 6) is 0.470. The number of allylic oxidation sites excluding steroid dienone is 1. The number of nitrogens with one attached hydrogen (secondary N) is 1. The standard InChI is InChI=1S/C17H25NO/c1-13(2)12-18-16(19)15-8-6-14(7-9-15)10-11-17(3,4)5/h6-11,13H,12H2,1-5H3,(H,18,19). The van der Waals surface area contributed by atoms with Crippen molar-refractivity contribution in [3.63, 3.8) is 0 Å². The molecule has 0 fully saturated rings. The first-order valence-corrected chi connectivity index (χ1v) is 6.85. The van der Waals surface area contributed by atoms with Gasteiger partial charge < -0.3 is 5.32 Å². The number of benzene rings is 1. The molecule has 104 valence electrons. The zero-order valence-electron chi connectivity index (χ0n) is 12.7. The highest BCUT2D eigenvalue weighted by molar-refractivity contribution is 5.94. The maximum atomic E-state index is 11.8. The molecule has 0 radical (unpaired) electrons. The number of hydrogen-bond donors (Lipinski definition) is 1. The largest absolute Gasteiger partial charge is 0.352 e. The SMILES string of the molecule is CC(C)CNC(=O)c1ccc(C=CC(C)(C)C)cc1. The van der Waals surface area contributed by atoms with Gasteiger partial charge in [-0.2, -0.15) is 0 Å². The minimum absolute atomic E-state index is 0.0000472. The summed E-state index contributed by atoms with van der Waals surface area (Å²) in [5.41, 5.74) is 2.01. The molecule has 1 N–H and O–H groups in total. The van der Waals surface area contributed by atoms with Crippen molar-refractivity contribution in [3.05, 3.63) is 41.5 Å². The van der Waals surface area contributed by atoms with Crippen molar-refractivity contribution < 1.29 is 4.79 Å². The Labute approximate surface area is 116 Å². The smallest absolute Gasteiger partial charge is 0.251 e. The van der Waals surface area contributed by atoms with Crippen molar-refractivity contribution in [1.29, 1.82) is 0 Å². The lowest BCUT2D eigenvalue weighted by atomic mass is 9.95. The summed E-state index contributed by atoms with van der Waals surface area (Å²) >= 11 is 0. The summed E-state index contributed by atoms with van der Waals surface area (Å²) in [5, 5.41) is 2.92. The lowest BCUT2D eigenvalue weighted by Gasteiger charge is -2.11. The van der Waals surface area contributed by atoms with Crippen molar-refractivity contribution in [2.75, 3.05) is 6.54 Å². The molecule has 1 aromatic carbocycles. The Morgan fingerprint density at radius 1 is 1.21 bits per heavy atom. The molecule has 0 saturated heterocycles. The first kappa shape index (κ1) is 15.5. The second-order valence-electron chi connectivity index (χ2n) is 6.43. The molecule has 0 saturated carbocycles. The average Bonchev–Trinajstić information content (AvgIpc) is 2.33. The van der Waals surface area contributed by atoms with Crippen LogP contribution in [0.5, 0.6) is 0 Å². The molecule has 0 aromatic heterocycles. The third-order valence-electron chi connectivity index (χ3n) is 2.62. The fraction of sp³-hybridized carbons (Fsp3) is 0.471.